The van der Waals surface area contributed by atoms with Gasteiger partial charge in [0.1, 0.15) is 0 Å². The van der Waals surface area contributed by atoms with Crippen LogP contribution in [0.25, 0.3) is 0 Å². The summed E-state index contributed by atoms with van der Waals surface area (Å²) in [6.07, 6.45) is -0.501. The zero-order chi connectivity index (χ0) is 8.15. The van der Waals surface area contributed by atoms with Gasteiger partial charge in [-0.25, -0.2) is 4.79 Å². The highest BCUT2D eigenvalue weighted by atomic mass is 32.1. The minimum absolute atomic E-state index is 0.226. The summed E-state index contributed by atoms with van der Waals surface area (Å²) < 4.78 is 0. The molecule has 0 aliphatic carbocycles. The molecule has 0 bridgehead atoms. The maximum atomic E-state index is 10.1. The third-order valence-corrected chi connectivity index (χ3v) is 1.08. The normalized spacial score (nSPS) is 11.1. The van der Waals surface area contributed by atoms with Crippen molar-refractivity contribution in [1.29, 1.82) is 0 Å². The number of thiol groups is 1. The first-order valence-electron chi connectivity index (χ1n) is 2.36. The van der Waals surface area contributed by atoms with Gasteiger partial charge in [-0.3, -0.25) is 4.79 Å². The van der Waals surface area contributed by atoms with Crippen LogP contribution in [0.15, 0.2) is 11.0 Å². The summed E-state index contributed by atoms with van der Waals surface area (Å²) in [5.74, 6) is -2.43. The largest absolute Gasteiger partial charge is 0.481 e. The summed E-state index contributed by atoms with van der Waals surface area (Å²) in [6, 6.07) is 0. The van der Waals surface area contributed by atoms with Crippen LogP contribution < -0.4 is 0 Å². The van der Waals surface area contributed by atoms with Gasteiger partial charge in [-0.1, -0.05) is 0 Å². The maximum absolute atomic E-state index is 10.1. The zero-order valence-electron chi connectivity index (χ0n) is 4.94. The molecule has 0 amide bonds. The fraction of sp³-hybridized carbons (Fsp3) is 0.200. The van der Waals surface area contributed by atoms with Crippen molar-refractivity contribution in [2.24, 2.45) is 0 Å². The second-order valence-corrected chi connectivity index (χ2v) is 1.79. The van der Waals surface area contributed by atoms with E-state index in [2.05, 4.69) is 12.6 Å². The highest BCUT2D eigenvalue weighted by Gasteiger charge is 2.09. The minimum Gasteiger partial charge on any atom is -0.481 e. The molecule has 10 heavy (non-hydrogen) atoms. The van der Waals surface area contributed by atoms with Crippen LogP contribution >= 0.6 is 12.6 Å². The van der Waals surface area contributed by atoms with Crippen molar-refractivity contribution in [2.45, 2.75) is 6.42 Å². The van der Waals surface area contributed by atoms with Crippen LogP contribution in [0.3, 0.4) is 0 Å². The fourth-order valence-corrected chi connectivity index (χ4v) is 0.541. The van der Waals surface area contributed by atoms with Gasteiger partial charge in [-0.05, 0) is 5.41 Å². The van der Waals surface area contributed by atoms with E-state index in [-0.39, 0.29) is 5.57 Å². The Morgan fingerprint density at radius 1 is 1.40 bits per heavy atom. The van der Waals surface area contributed by atoms with Crippen LogP contribution in [0.2, 0.25) is 0 Å². The number of carbonyl (C=O) groups is 2. The van der Waals surface area contributed by atoms with E-state index in [1.807, 2.05) is 0 Å². The van der Waals surface area contributed by atoms with Gasteiger partial charge in [0, 0.05) is 0 Å². The van der Waals surface area contributed by atoms with Gasteiger partial charge in [0.05, 0.1) is 12.0 Å². The molecule has 0 saturated heterocycles. The smallest absolute Gasteiger partial charge is 0.332 e. The Balaban J connectivity index is 4.12. The number of hydrogen-bond acceptors (Lipinski definition) is 3. The summed E-state index contributed by atoms with van der Waals surface area (Å²) in [5.41, 5.74) is -0.226. The molecule has 2 N–H and O–H groups in total. The molecule has 0 unspecified atom stereocenters. The van der Waals surface area contributed by atoms with E-state index in [0.717, 1.165) is 5.41 Å². The van der Waals surface area contributed by atoms with Gasteiger partial charge in [0.25, 0.3) is 0 Å². The summed E-state index contributed by atoms with van der Waals surface area (Å²) >= 11 is 3.52. The molecule has 0 aromatic heterocycles. The quantitative estimate of drug-likeness (QED) is 0.413. The SMILES string of the molecule is O=C(O)C/C(=C/S)C(=O)O. The molecule has 5 heteroatoms. The van der Waals surface area contributed by atoms with Gasteiger partial charge in [0.15, 0.2) is 0 Å². The van der Waals surface area contributed by atoms with Gasteiger partial charge >= 0.3 is 11.9 Å². The standard InChI is InChI=1S/C5H6O4S/c6-4(7)1-3(2-10)5(8)9/h2,10H,1H2,(H,6,7)(H,8,9)/b3-2-. The van der Waals surface area contributed by atoms with Gasteiger partial charge < -0.3 is 10.2 Å². The summed E-state index contributed by atoms with van der Waals surface area (Å²) in [4.78, 5) is 20.0. The average molecular weight is 162 g/mol. The Hall–Kier alpha value is -0.970. The molecule has 0 heterocycles. The van der Waals surface area contributed by atoms with Crippen LogP contribution in [0.1, 0.15) is 6.42 Å². The Labute approximate surface area is 62.6 Å². The monoisotopic (exact) mass is 162 g/mol. The second-order valence-electron chi connectivity index (χ2n) is 1.53. The molecule has 0 aliphatic rings. The molecule has 0 aromatic carbocycles. The van der Waals surface area contributed by atoms with Crippen molar-refractivity contribution in [3.63, 3.8) is 0 Å². The van der Waals surface area contributed by atoms with E-state index < -0.39 is 18.4 Å². The number of carboxylic acids is 2. The molecule has 0 saturated carbocycles. The van der Waals surface area contributed by atoms with Crippen LogP contribution in [0, 0.1) is 0 Å². The first-order chi connectivity index (χ1) is 4.57. The summed E-state index contributed by atoms with van der Waals surface area (Å²) in [6.45, 7) is 0. The van der Waals surface area contributed by atoms with Crippen molar-refractivity contribution in [2.75, 3.05) is 0 Å². The third kappa shape index (κ3) is 3.13. The topological polar surface area (TPSA) is 74.6 Å². The predicted octanol–water partition coefficient (Wildman–Crippen LogP) is 0.359. The van der Waals surface area contributed by atoms with Crippen molar-refractivity contribution in [3.8, 4) is 0 Å². The molecule has 4 nitrogen and oxygen atoms in total. The van der Waals surface area contributed by atoms with Gasteiger partial charge in [-0.15, -0.1) is 0 Å². The Bertz CT molecular complexity index is 184. The number of aliphatic carboxylic acids is 2. The lowest BCUT2D eigenvalue weighted by Gasteiger charge is -1.93. The highest BCUT2D eigenvalue weighted by molar-refractivity contribution is 7.83. The van der Waals surface area contributed by atoms with E-state index in [1.54, 1.807) is 0 Å². The van der Waals surface area contributed by atoms with E-state index in [1.165, 1.54) is 0 Å². The van der Waals surface area contributed by atoms with Gasteiger partial charge in [0.2, 0.25) is 0 Å². The highest BCUT2D eigenvalue weighted by Crippen LogP contribution is 2.02. The second kappa shape index (κ2) is 3.94. The summed E-state index contributed by atoms with van der Waals surface area (Å²) in [5, 5.41) is 17.3. The van der Waals surface area contributed by atoms with Crippen LogP contribution in [0.5, 0.6) is 0 Å². The molecule has 0 aliphatic heterocycles. The van der Waals surface area contributed by atoms with E-state index in [4.69, 9.17) is 10.2 Å². The van der Waals surface area contributed by atoms with Crippen LogP contribution in [0.4, 0.5) is 0 Å². The Morgan fingerprint density at radius 3 is 2.00 bits per heavy atom. The molecular formula is C5H6O4S. The van der Waals surface area contributed by atoms with E-state index in [0.29, 0.717) is 0 Å². The van der Waals surface area contributed by atoms with Crippen molar-refractivity contribution < 1.29 is 19.8 Å². The minimum atomic E-state index is -1.25. The first kappa shape index (κ1) is 9.03. The molecule has 56 valence electrons. The predicted molar refractivity (Wildman–Crippen MR) is 37.0 cm³/mol. The summed E-state index contributed by atoms with van der Waals surface area (Å²) in [7, 11) is 0. The maximum Gasteiger partial charge on any atom is 0.332 e. The molecule has 0 spiro atoms. The average Bonchev–Trinajstić information content (AvgIpc) is 1.81. The fourth-order valence-electron chi connectivity index (χ4n) is 0.339. The lowest BCUT2D eigenvalue weighted by Crippen LogP contribution is -2.05. The molecule has 0 fully saturated rings. The van der Waals surface area contributed by atoms with Gasteiger partial charge in [-0.2, -0.15) is 12.6 Å². The van der Waals surface area contributed by atoms with Crippen molar-refractivity contribution in [3.05, 3.63) is 11.0 Å². The van der Waals surface area contributed by atoms with Crippen molar-refractivity contribution in [1.82, 2.24) is 0 Å². The van der Waals surface area contributed by atoms with Crippen molar-refractivity contribution >= 4 is 24.6 Å². The van der Waals surface area contributed by atoms with Crippen LogP contribution in [-0.4, -0.2) is 22.2 Å². The molecule has 0 atom stereocenters. The van der Waals surface area contributed by atoms with E-state index >= 15 is 0 Å². The van der Waals surface area contributed by atoms with Crippen LogP contribution in [-0.2, 0) is 9.59 Å². The molecular weight excluding hydrogens is 156 g/mol. The molecule has 0 aromatic rings. The zero-order valence-corrected chi connectivity index (χ0v) is 5.84. The molecule has 0 rings (SSSR count). The Kier molecular flexibility index (Phi) is 3.56. The molecule has 0 radical (unpaired) electrons. The van der Waals surface area contributed by atoms with E-state index in [9.17, 15) is 9.59 Å². The number of rotatable bonds is 3. The third-order valence-electron chi connectivity index (χ3n) is 0.772. The Morgan fingerprint density at radius 2 is 1.90 bits per heavy atom. The first-order valence-corrected chi connectivity index (χ1v) is 2.88. The number of carboxylic acid groups (broad SMARTS) is 2. The number of hydrogen-bond donors (Lipinski definition) is 3. The lowest BCUT2D eigenvalue weighted by molar-refractivity contribution is -0.139. The lowest BCUT2D eigenvalue weighted by atomic mass is 10.2.